The maximum absolute atomic E-state index is 12.7. The zero-order valence-corrected chi connectivity index (χ0v) is 5.18. The Kier molecular flexibility index (Phi) is 1.23. The minimum Gasteiger partial charge on any atom is -0.335 e. The normalized spacial score (nSPS) is 11.9. The number of aromatic nitrogens is 2. The third-order valence-corrected chi connectivity index (χ3v) is 0.833. The van der Waals surface area contributed by atoms with Crippen LogP contribution in [0.3, 0.4) is 0 Å². The lowest BCUT2D eigenvalue weighted by Crippen LogP contribution is -2.08. The number of nitrogens with zero attached hydrogens (tertiary/aromatic N) is 2. The fourth-order valence-electron chi connectivity index (χ4n) is 0.391. The number of hydrogen-bond acceptors (Lipinski definition) is 3. The molecule has 0 bridgehead atoms. The highest BCUT2D eigenvalue weighted by Crippen LogP contribution is 2.20. The van der Waals surface area contributed by atoms with Gasteiger partial charge in [0.25, 0.3) is 5.89 Å². The molecule has 1 radical (unpaired) electrons. The molecule has 0 aliphatic carbocycles. The van der Waals surface area contributed by atoms with Gasteiger partial charge in [-0.05, 0) is 13.8 Å². The quantitative estimate of drug-likeness (QED) is 0.569. The summed E-state index contributed by atoms with van der Waals surface area (Å²) in [6.07, 6.45) is 2.13. The molecule has 0 atom stereocenters. The van der Waals surface area contributed by atoms with Crippen LogP contribution < -0.4 is 0 Å². The summed E-state index contributed by atoms with van der Waals surface area (Å²) in [5.41, 5.74) is -1.55. The SMILES string of the molecule is CC(C)(F)c1n[c]no1. The summed E-state index contributed by atoms with van der Waals surface area (Å²) in [5.74, 6) is -0.0394. The summed E-state index contributed by atoms with van der Waals surface area (Å²) >= 11 is 0. The highest BCUT2D eigenvalue weighted by Gasteiger charge is 2.24. The Morgan fingerprint density at radius 1 is 1.67 bits per heavy atom. The summed E-state index contributed by atoms with van der Waals surface area (Å²) in [5, 5.41) is 3.14. The molecule has 0 aliphatic rings. The summed E-state index contributed by atoms with van der Waals surface area (Å²) in [6, 6.07) is 0. The molecule has 0 N–H and O–H groups in total. The Bertz CT molecular complexity index is 177. The molecule has 0 saturated heterocycles. The summed E-state index contributed by atoms with van der Waals surface area (Å²) < 4.78 is 17.1. The van der Waals surface area contributed by atoms with Gasteiger partial charge in [-0.3, -0.25) is 0 Å². The fraction of sp³-hybridized carbons (Fsp3) is 0.600. The van der Waals surface area contributed by atoms with E-state index in [-0.39, 0.29) is 5.89 Å². The third-order valence-electron chi connectivity index (χ3n) is 0.833. The Hall–Kier alpha value is -0.930. The average Bonchev–Trinajstić information content (AvgIpc) is 2.08. The molecule has 0 unspecified atom stereocenters. The van der Waals surface area contributed by atoms with Gasteiger partial charge in [0.1, 0.15) is 0 Å². The van der Waals surface area contributed by atoms with Crippen molar-refractivity contribution in [2.24, 2.45) is 0 Å². The maximum atomic E-state index is 12.7. The van der Waals surface area contributed by atoms with Crippen LogP contribution in [-0.4, -0.2) is 10.1 Å². The van der Waals surface area contributed by atoms with Gasteiger partial charge in [0.15, 0.2) is 5.67 Å². The summed E-state index contributed by atoms with van der Waals surface area (Å²) in [7, 11) is 0. The van der Waals surface area contributed by atoms with Gasteiger partial charge in [-0.1, -0.05) is 5.16 Å². The first kappa shape index (κ1) is 6.19. The number of halogens is 1. The largest absolute Gasteiger partial charge is 0.335 e. The summed E-state index contributed by atoms with van der Waals surface area (Å²) in [4.78, 5) is 3.41. The van der Waals surface area contributed by atoms with Gasteiger partial charge in [-0.25, -0.2) is 4.39 Å². The van der Waals surface area contributed by atoms with E-state index in [0.29, 0.717) is 0 Å². The molecule has 0 amide bonds. The monoisotopic (exact) mass is 129 g/mol. The molecule has 1 aromatic heterocycles. The Morgan fingerprint density at radius 3 is 2.56 bits per heavy atom. The minimum absolute atomic E-state index is 0.0394. The smallest absolute Gasteiger partial charge is 0.264 e. The van der Waals surface area contributed by atoms with Crippen molar-refractivity contribution in [3.63, 3.8) is 0 Å². The second-order valence-corrected chi connectivity index (χ2v) is 2.17. The zero-order chi connectivity index (χ0) is 6.91. The van der Waals surface area contributed by atoms with Crippen molar-refractivity contribution in [3.05, 3.63) is 12.2 Å². The molecular weight excluding hydrogens is 123 g/mol. The van der Waals surface area contributed by atoms with Gasteiger partial charge in [0.2, 0.25) is 6.33 Å². The van der Waals surface area contributed by atoms with Crippen molar-refractivity contribution < 1.29 is 8.91 Å². The van der Waals surface area contributed by atoms with E-state index in [9.17, 15) is 4.39 Å². The summed E-state index contributed by atoms with van der Waals surface area (Å²) in [6.45, 7) is 2.68. The van der Waals surface area contributed by atoms with E-state index < -0.39 is 5.67 Å². The second kappa shape index (κ2) is 1.79. The fourth-order valence-corrected chi connectivity index (χ4v) is 0.391. The Morgan fingerprint density at radius 2 is 2.33 bits per heavy atom. The molecule has 1 heterocycles. The van der Waals surface area contributed by atoms with Crippen LogP contribution >= 0.6 is 0 Å². The van der Waals surface area contributed by atoms with Crippen LogP contribution in [0.15, 0.2) is 4.52 Å². The van der Waals surface area contributed by atoms with Crippen molar-refractivity contribution in [3.8, 4) is 0 Å². The lowest BCUT2D eigenvalue weighted by Gasteiger charge is -2.04. The molecule has 4 heteroatoms. The van der Waals surface area contributed by atoms with Gasteiger partial charge < -0.3 is 4.52 Å². The molecule has 49 valence electrons. The van der Waals surface area contributed by atoms with Crippen molar-refractivity contribution in [1.82, 2.24) is 10.1 Å². The molecule has 1 rings (SSSR count). The first-order valence-corrected chi connectivity index (χ1v) is 2.50. The second-order valence-electron chi connectivity index (χ2n) is 2.17. The van der Waals surface area contributed by atoms with Crippen LogP contribution in [-0.2, 0) is 5.67 Å². The Balaban J connectivity index is 2.90. The van der Waals surface area contributed by atoms with Crippen molar-refractivity contribution in [2.45, 2.75) is 19.5 Å². The highest BCUT2D eigenvalue weighted by molar-refractivity contribution is 4.88. The van der Waals surface area contributed by atoms with E-state index in [1.54, 1.807) is 0 Å². The van der Waals surface area contributed by atoms with Gasteiger partial charge in [0, 0.05) is 0 Å². The lowest BCUT2D eigenvalue weighted by atomic mass is 10.2. The van der Waals surface area contributed by atoms with E-state index in [0.717, 1.165) is 0 Å². The van der Waals surface area contributed by atoms with E-state index in [4.69, 9.17) is 0 Å². The van der Waals surface area contributed by atoms with Crippen molar-refractivity contribution in [2.75, 3.05) is 0 Å². The first-order chi connectivity index (χ1) is 4.11. The van der Waals surface area contributed by atoms with E-state index >= 15 is 0 Å². The number of alkyl halides is 1. The average molecular weight is 129 g/mol. The molecule has 0 fully saturated rings. The van der Waals surface area contributed by atoms with E-state index in [1.807, 2.05) is 0 Å². The third kappa shape index (κ3) is 1.25. The van der Waals surface area contributed by atoms with Crippen LogP contribution in [0.25, 0.3) is 0 Å². The zero-order valence-electron chi connectivity index (χ0n) is 5.18. The van der Waals surface area contributed by atoms with E-state index in [2.05, 4.69) is 21.0 Å². The van der Waals surface area contributed by atoms with Crippen LogP contribution in [0.4, 0.5) is 4.39 Å². The predicted molar refractivity (Wildman–Crippen MR) is 27.3 cm³/mol. The predicted octanol–water partition coefficient (Wildman–Crippen LogP) is 1.07. The van der Waals surface area contributed by atoms with Crippen LogP contribution in [0.5, 0.6) is 0 Å². The molecule has 0 aliphatic heterocycles. The molecule has 1 aromatic rings. The number of hydrogen-bond donors (Lipinski definition) is 0. The van der Waals surface area contributed by atoms with Crippen LogP contribution in [0.2, 0.25) is 0 Å². The lowest BCUT2D eigenvalue weighted by molar-refractivity contribution is 0.155. The van der Waals surface area contributed by atoms with Crippen molar-refractivity contribution in [1.29, 1.82) is 0 Å². The van der Waals surface area contributed by atoms with Crippen molar-refractivity contribution >= 4 is 0 Å². The topological polar surface area (TPSA) is 38.9 Å². The molecular formula is C5H6FN2O. The van der Waals surface area contributed by atoms with Crippen LogP contribution in [0.1, 0.15) is 19.7 Å². The van der Waals surface area contributed by atoms with Gasteiger partial charge in [-0.15, -0.1) is 0 Å². The van der Waals surface area contributed by atoms with Gasteiger partial charge >= 0.3 is 0 Å². The van der Waals surface area contributed by atoms with E-state index in [1.165, 1.54) is 13.8 Å². The van der Waals surface area contributed by atoms with Crippen LogP contribution in [0, 0.1) is 6.33 Å². The molecule has 9 heavy (non-hydrogen) atoms. The first-order valence-electron chi connectivity index (χ1n) is 2.50. The maximum Gasteiger partial charge on any atom is 0.264 e. The minimum atomic E-state index is -1.55. The van der Waals surface area contributed by atoms with Gasteiger partial charge in [0.05, 0.1) is 0 Å². The molecule has 0 saturated carbocycles. The number of rotatable bonds is 1. The molecule has 0 spiro atoms. The molecule has 0 aromatic carbocycles. The van der Waals surface area contributed by atoms with Gasteiger partial charge in [-0.2, -0.15) is 4.98 Å². The standard InChI is InChI=1S/C5H6FN2O/c1-5(2,6)4-7-3-8-9-4/h1-2H3. The molecule has 3 nitrogen and oxygen atoms in total. The Labute approximate surface area is 51.9 Å². The highest BCUT2D eigenvalue weighted by atomic mass is 19.1.